The molecular weight excluding hydrogens is 194 g/mol. The lowest BCUT2D eigenvalue weighted by Crippen LogP contribution is -2.24. The third-order valence-corrected chi connectivity index (χ3v) is 1.99. The second-order valence-electron chi connectivity index (χ2n) is 3.57. The molecule has 0 aliphatic heterocycles. The summed E-state index contributed by atoms with van der Waals surface area (Å²) in [5.74, 6) is 0.845. The lowest BCUT2D eigenvalue weighted by molar-refractivity contribution is 0.115. The van der Waals surface area contributed by atoms with E-state index >= 15 is 0 Å². The summed E-state index contributed by atoms with van der Waals surface area (Å²) in [4.78, 5) is 2.13. The van der Waals surface area contributed by atoms with Crippen LogP contribution in [-0.2, 0) is 11.3 Å². The molecule has 0 spiro atoms. The lowest BCUT2D eigenvalue weighted by Gasteiger charge is -2.14. The molecule has 5 nitrogen and oxygen atoms in total. The van der Waals surface area contributed by atoms with Crippen LogP contribution in [0.3, 0.4) is 0 Å². The zero-order chi connectivity index (χ0) is 11.1. The molecule has 0 aliphatic carbocycles. The number of nitrogens with zero attached hydrogens (tertiary/aromatic N) is 2. The van der Waals surface area contributed by atoms with Crippen molar-refractivity contribution in [1.82, 2.24) is 10.1 Å². The van der Waals surface area contributed by atoms with Gasteiger partial charge in [-0.25, -0.2) is 0 Å². The van der Waals surface area contributed by atoms with Gasteiger partial charge in [-0.2, -0.15) is 0 Å². The number of likely N-dealkylation sites (N-methyl/N-ethyl adjacent to an activating group) is 1. The minimum Gasteiger partial charge on any atom is -0.379 e. The molecule has 0 amide bonds. The van der Waals surface area contributed by atoms with Crippen molar-refractivity contribution in [2.45, 2.75) is 13.5 Å². The van der Waals surface area contributed by atoms with Gasteiger partial charge >= 0.3 is 0 Å². The lowest BCUT2D eigenvalue weighted by atomic mass is 10.3. The molecule has 0 unspecified atom stereocenters. The Bertz CT molecular complexity index is 275. The monoisotopic (exact) mass is 213 g/mol. The number of hydrogen-bond donors (Lipinski definition) is 1. The van der Waals surface area contributed by atoms with Gasteiger partial charge in [-0.1, -0.05) is 5.16 Å². The predicted octanol–water partition coefficient (Wildman–Crippen LogP) is 0.390. The summed E-state index contributed by atoms with van der Waals surface area (Å²) in [7, 11) is 2.02. The zero-order valence-electron chi connectivity index (χ0n) is 9.40. The van der Waals surface area contributed by atoms with Crippen LogP contribution >= 0.6 is 0 Å². The number of ether oxygens (including phenoxy) is 1. The van der Waals surface area contributed by atoms with Crippen molar-refractivity contribution in [2.75, 3.05) is 33.4 Å². The molecule has 15 heavy (non-hydrogen) atoms. The van der Waals surface area contributed by atoms with Gasteiger partial charge in [0.15, 0.2) is 0 Å². The van der Waals surface area contributed by atoms with Gasteiger partial charge in [-0.05, 0) is 14.0 Å². The highest BCUT2D eigenvalue weighted by molar-refractivity contribution is 5.02. The van der Waals surface area contributed by atoms with Crippen molar-refractivity contribution < 1.29 is 9.26 Å². The fourth-order valence-corrected chi connectivity index (χ4v) is 1.25. The van der Waals surface area contributed by atoms with Crippen molar-refractivity contribution in [1.29, 1.82) is 0 Å². The van der Waals surface area contributed by atoms with Gasteiger partial charge in [0.2, 0.25) is 0 Å². The van der Waals surface area contributed by atoms with Crippen LogP contribution in [0.2, 0.25) is 0 Å². The Kier molecular flexibility index (Phi) is 5.31. The molecule has 0 aromatic carbocycles. The van der Waals surface area contributed by atoms with Gasteiger partial charge in [-0.15, -0.1) is 0 Å². The van der Waals surface area contributed by atoms with E-state index in [0.717, 1.165) is 24.5 Å². The van der Waals surface area contributed by atoms with Gasteiger partial charge in [0.1, 0.15) is 5.76 Å². The van der Waals surface area contributed by atoms with E-state index in [-0.39, 0.29) is 0 Å². The fraction of sp³-hybridized carbons (Fsp3) is 0.700. The number of aromatic nitrogens is 1. The van der Waals surface area contributed by atoms with E-state index in [1.807, 2.05) is 20.0 Å². The van der Waals surface area contributed by atoms with Crippen LogP contribution in [0.4, 0.5) is 0 Å². The molecule has 1 aromatic heterocycles. The molecule has 86 valence electrons. The van der Waals surface area contributed by atoms with E-state index in [9.17, 15) is 0 Å². The molecule has 0 saturated heterocycles. The molecule has 5 heteroatoms. The fourth-order valence-electron chi connectivity index (χ4n) is 1.25. The maximum Gasteiger partial charge on any atom is 0.133 e. The first-order chi connectivity index (χ1) is 7.22. The topological polar surface area (TPSA) is 64.5 Å². The predicted molar refractivity (Wildman–Crippen MR) is 57.4 cm³/mol. The molecule has 1 aromatic rings. The average molecular weight is 213 g/mol. The summed E-state index contributed by atoms with van der Waals surface area (Å²) in [6.07, 6.45) is 0. The van der Waals surface area contributed by atoms with Gasteiger partial charge in [0.25, 0.3) is 0 Å². The van der Waals surface area contributed by atoms with E-state index in [1.54, 1.807) is 0 Å². The normalized spacial score (nSPS) is 11.2. The second kappa shape index (κ2) is 6.55. The van der Waals surface area contributed by atoms with Crippen LogP contribution in [-0.4, -0.2) is 43.4 Å². The van der Waals surface area contributed by atoms with Crippen LogP contribution in [0.1, 0.15) is 11.5 Å². The summed E-state index contributed by atoms with van der Waals surface area (Å²) in [5, 5.41) is 3.92. The van der Waals surface area contributed by atoms with Crippen LogP contribution in [0, 0.1) is 6.92 Å². The van der Waals surface area contributed by atoms with Crippen LogP contribution in [0.15, 0.2) is 10.6 Å². The van der Waals surface area contributed by atoms with Crippen molar-refractivity contribution in [2.24, 2.45) is 5.73 Å². The van der Waals surface area contributed by atoms with Crippen LogP contribution in [0.5, 0.6) is 0 Å². The smallest absolute Gasteiger partial charge is 0.133 e. The maximum absolute atomic E-state index is 5.31. The molecule has 0 fully saturated rings. The van der Waals surface area contributed by atoms with E-state index < -0.39 is 0 Å². The van der Waals surface area contributed by atoms with Gasteiger partial charge < -0.3 is 15.0 Å². The zero-order valence-corrected chi connectivity index (χ0v) is 9.40. The highest BCUT2D eigenvalue weighted by Gasteiger charge is 2.04. The molecule has 0 radical (unpaired) electrons. The summed E-state index contributed by atoms with van der Waals surface area (Å²) in [6, 6.07) is 1.94. The Balaban J connectivity index is 2.15. The molecule has 0 aliphatic rings. The number of nitrogens with two attached hydrogens (primary N) is 1. The third kappa shape index (κ3) is 4.92. The van der Waals surface area contributed by atoms with Crippen molar-refractivity contribution in [3.63, 3.8) is 0 Å². The van der Waals surface area contributed by atoms with Crippen LogP contribution in [0.25, 0.3) is 0 Å². The Hall–Kier alpha value is -0.910. The molecule has 2 N–H and O–H groups in total. The third-order valence-electron chi connectivity index (χ3n) is 1.99. The van der Waals surface area contributed by atoms with E-state index in [0.29, 0.717) is 19.8 Å². The first-order valence-corrected chi connectivity index (χ1v) is 5.11. The summed E-state index contributed by atoms with van der Waals surface area (Å²) >= 11 is 0. The minimum atomic E-state index is 0.576. The largest absolute Gasteiger partial charge is 0.379 e. The highest BCUT2D eigenvalue weighted by Crippen LogP contribution is 2.03. The van der Waals surface area contributed by atoms with E-state index in [2.05, 4.69) is 10.1 Å². The van der Waals surface area contributed by atoms with Crippen molar-refractivity contribution >= 4 is 0 Å². The van der Waals surface area contributed by atoms with Crippen LogP contribution < -0.4 is 5.73 Å². The number of rotatable bonds is 7. The summed E-state index contributed by atoms with van der Waals surface area (Å²) in [6.45, 7) is 5.43. The standard InChI is InChI=1S/C10H19N3O2/c1-9-7-10(12-15-9)8-13(2)4-6-14-5-3-11/h7H,3-6,8,11H2,1-2H3. The number of hydrogen-bond acceptors (Lipinski definition) is 5. The summed E-state index contributed by atoms with van der Waals surface area (Å²) < 4.78 is 10.3. The Morgan fingerprint density at radius 1 is 1.53 bits per heavy atom. The van der Waals surface area contributed by atoms with E-state index in [4.69, 9.17) is 15.0 Å². The highest BCUT2D eigenvalue weighted by atomic mass is 16.5. The SMILES string of the molecule is Cc1cc(CN(C)CCOCCN)no1. The maximum atomic E-state index is 5.31. The quantitative estimate of drug-likeness (QED) is 0.664. The molecule has 0 saturated carbocycles. The summed E-state index contributed by atoms with van der Waals surface area (Å²) in [5.41, 5.74) is 6.26. The molecule has 1 heterocycles. The Labute approximate surface area is 90.2 Å². The first-order valence-electron chi connectivity index (χ1n) is 5.11. The average Bonchev–Trinajstić information content (AvgIpc) is 2.59. The minimum absolute atomic E-state index is 0.576. The first kappa shape index (κ1) is 12.2. The molecular formula is C10H19N3O2. The number of aryl methyl sites for hydroxylation is 1. The van der Waals surface area contributed by atoms with E-state index in [1.165, 1.54) is 0 Å². The Morgan fingerprint density at radius 2 is 2.33 bits per heavy atom. The second-order valence-corrected chi connectivity index (χ2v) is 3.57. The molecule has 0 bridgehead atoms. The molecule has 0 atom stereocenters. The van der Waals surface area contributed by atoms with Crippen molar-refractivity contribution in [3.05, 3.63) is 17.5 Å². The van der Waals surface area contributed by atoms with Gasteiger partial charge in [0.05, 0.1) is 18.9 Å². The molecule has 1 rings (SSSR count). The van der Waals surface area contributed by atoms with Gasteiger partial charge in [0, 0.05) is 25.7 Å². The Morgan fingerprint density at radius 3 is 2.93 bits per heavy atom. The van der Waals surface area contributed by atoms with Crippen molar-refractivity contribution in [3.8, 4) is 0 Å². The van der Waals surface area contributed by atoms with Gasteiger partial charge in [-0.3, -0.25) is 4.90 Å².